The van der Waals surface area contributed by atoms with E-state index in [9.17, 15) is 4.79 Å². The number of carbonyl (C=O) groups is 1. The number of carbonyl (C=O) groups excluding carboxylic acids is 1. The Bertz CT molecular complexity index is 555. The van der Waals surface area contributed by atoms with Gasteiger partial charge in [-0.05, 0) is 19.8 Å². The van der Waals surface area contributed by atoms with Crippen LogP contribution in [0, 0.1) is 18.3 Å². The second-order valence-corrected chi connectivity index (χ2v) is 7.28. The fourth-order valence-electron chi connectivity index (χ4n) is 3.24. The van der Waals surface area contributed by atoms with Gasteiger partial charge in [0.2, 0.25) is 5.91 Å². The van der Waals surface area contributed by atoms with Crippen LogP contribution in [0.25, 0.3) is 0 Å². The Labute approximate surface area is 138 Å². The van der Waals surface area contributed by atoms with Gasteiger partial charge >= 0.3 is 0 Å². The molecule has 1 saturated carbocycles. The van der Waals surface area contributed by atoms with E-state index in [1.807, 2.05) is 33.9 Å². The highest BCUT2D eigenvalue weighted by Gasteiger charge is 2.62. The standard InChI is InChI=1S/C17H30N4O2/c1-6-23-14-9-17(18,16(14,4)5)15(22)20-10-12(2)11-21-8-7-19-13(21)3/h7-8,12,14H,6,9-11,18H2,1-5H3,(H,20,22). The molecule has 1 aliphatic rings. The summed E-state index contributed by atoms with van der Waals surface area (Å²) in [5, 5.41) is 3.02. The summed E-state index contributed by atoms with van der Waals surface area (Å²) in [6.07, 6.45) is 4.38. The van der Waals surface area contributed by atoms with Gasteiger partial charge < -0.3 is 20.4 Å². The number of hydrogen-bond donors (Lipinski definition) is 2. The Morgan fingerprint density at radius 1 is 1.61 bits per heavy atom. The topological polar surface area (TPSA) is 82.2 Å². The number of nitrogens with zero attached hydrogens (tertiary/aromatic N) is 2. The van der Waals surface area contributed by atoms with Crippen molar-refractivity contribution >= 4 is 5.91 Å². The molecule has 1 aromatic heterocycles. The quantitative estimate of drug-likeness (QED) is 0.796. The lowest BCUT2D eigenvalue weighted by Crippen LogP contribution is -2.75. The lowest BCUT2D eigenvalue weighted by Gasteiger charge is -2.57. The summed E-state index contributed by atoms with van der Waals surface area (Å²) >= 11 is 0. The first-order valence-electron chi connectivity index (χ1n) is 8.39. The normalized spacial score (nSPS) is 27.3. The van der Waals surface area contributed by atoms with Gasteiger partial charge in [-0.25, -0.2) is 4.98 Å². The van der Waals surface area contributed by atoms with Crippen molar-refractivity contribution in [3.8, 4) is 0 Å². The number of nitrogens with two attached hydrogens (primary N) is 1. The van der Waals surface area contributed by atoms with Crippen LogP contribution in [0.4, 0.5) is 0 Å². The monoisotopic (exact) mass is 322 g/mol. The van der Waals surface area contributed by atoms with E-state index in [0.717, 1.165) is 12.4 Å². The highest BCUT2D eigenvalue weighted by Crippen LogP contribution is 2.49. The molecule has 1 amide bonds. The molecule has 1 aromatic rings. The number of rotatable bonds is 7. The summed E-state index contributed by atoms with van der Waals surface area (Å²) in [6, 6.07) is 0. The van der Waals surface area contributed by atoms with Gasteiger partial charge in [0, 0.05) is 43.9 Å². The zero-order chi connectivity index (χ0) is 17.3. The lowest BCUT2D eigenvalue weighted by molar-refractivity contribution is -0.170. The van der Waals surface area contributed by atoms with Crippen molar-refractivity contribution in [3.05, 3.63) is 18.2 Å². The van der Waals surface area contributed by atoms with Crippen LogP contribution in [-0.2, 0) is 16.1 Å². The largest absolute Gasteiger partial charge is 0.378 e. The summed E-state index contributed by atoms with van der Waals surface area (Å²) in [5.74, 6) is 1.21. The number of aryl methyl sites for hydroxylation is 1. The van der Waals surface area contributed by atoms with Crippen LogP contribution >= 0.6 is 0 Å². The predicted molar refractivity (Wildman–Crippen MR) is 89.9 cm³/mol. The molecule has 3 atom stereocenters. The van der Waals surface area contributed by atoms with E-state index in [0.29, 0.717) is 25.5 Å². The molecule has 2 rings (SSSR count). The molecule has 1 aliphatic carbocycles. The SMILES string of the molecule is CCOC1CC(N)(C(=O)NCC(C)Cn2ccnc2C)C1(C)C. The Balaban J connectivity index is 1.86. The minimum absolute atomic E-state index is 0.0503. The van der Waals surface area contributed by atoms with E-state index in [1.165, 1.54) is 0 Å². The second kappa shape index (κ2) is 6.61. The maximum Gasteiger partial charge on any atom is 0.240 e. The average molecular weight is 322 g/mol. The van der Waals surface area contributed by atoms with Crippen LogP contribution in [0.5, 0.6) is 0 Å². The number of hydrogen-bond acceptors (Lipinski definition) is 4. The summed E-state index contributed by atoms with van der Waals surface area (Å²) < 4.78 is 7.77. The van der Waals surface area contributed by atoms with Crippen LogP contribution in [0.1, 0.15) is 39.9 Å². The smallest absolute Gasteiger partial charge is 0.240 e. The van der Waals surface area contributed by atoms with E-state index >= 15 is 0 Å². The molecule has 1 fully saturated rings. The molecule has 0 spiro atoms. The number of imidazole rings is 1. The van der Waals surface area contributed by atoms with Gasteiger partial charge in [0.05, 0.1) is 6.10 Å². The Kier molecular flexibility index (Phi) is 5.16. The van der Waals surface area contributed by atoms with E-state index < -0.39 is 5.54 Å². The van der Waals surface area contributed by atoms with Crippen molar-refractivity contribution < 1.29 is 9.53 Å². The molecule has 0 aliphatic heterocycles. The lowest BCUT2D eigenvalue weighted by atomic mass is 9.54. The fourth-order valence-corrected chi connectivity index (χ4v) is 3.24. The van der Waals surface area contributed by atoms with Gasteiger partial charge in [0.25, 0.3) is 0 Å². The van der Waals surface area contributed by atoms with Gasteiger partial charge in [-0.2, -0.15) is 0 Å². The Hall–Kier alpha value is -1.40. The summed E-state index contributed by atoms with van der Waals surface area (Å²) in [7, 11) is 0. The van der Waals surface area contributed by atoms with Crippen LogP contribution in [0.15, 0.2) is 12.4 Å². The predicted octanol–water partition coefficient (Wildman–Crippen LogP) is 1.48. The number of nitrogens with one attached hydrogen (secondary N) is 1. The Morgan fingerprint density at radius 2 is 2.30 bits per heavy atom. The van der Waals surface area contributed by atoms with Crippen LogP contribution in [-0.4, -0.2) is 40.3 Å². The summed E-state index contributed by atoms with van der Waals surface area (Å²) in [5.41, 5.74) is 5.18. The zero-order valence-corrected chi connectivity index (χ0v) is 14.9. The molecule has 0 aromatic carbocycles. The molecule has 0 radical (unpaired) electrons. The van der Waals surface area contributed by atoms with Gasteiger partial charge in [-0.3, -0.25) is 4.79 Å². The molecule has 23 heavy (non-hydrogen) atoms. The average Bonchev–Trinajstić information content (AvgIpc) is 2.89. The zero-order valence-electron chi connectivity index (χ0n) is 14.9. The third kappa shape index (κ3) is 3.28. The third-order valence-corrected chi connectivity index (χ3v) is 5.28. The molecule has 130 valence electrons. The maximum atomic E-state index is 12.6. The van der Waals surface area contributed by atoms with Crippen molar-refractivity contribution in [2.24, 2.45) is 17.1 Å². The summed E-state index contributed by atoms with van der Waals surface area (Å²) in [6.45, 7) is 12.1. The van der Waals surface area contributed by atoms with Crippen LogP contribution in [0.3, 0.4) is 0 Å². The molecule has 3 unspecified atom stereocenters. The molecule has 1 heterocycles. The maximum absolute atomic E-state index is 12.6. The second-order valence-electron chi connectivity index (χ2n) is 7.28. The molecule has 6 heteroatoms. The first-order valence-corrected chi connectivity index (χ1v) is 8.39. The highest BCUT2D eigenvalue weighted by molar-refractivity contribution is 5.88. The van der Waals surface area contributed by atoms with Gasteiger partial charge in [0.15, 0.2) is 0 Å². The van der Waals surface area contributed by atoms with Crippen LogP contribution in [0.2, 0.25) is 0 Å². The number of aromatic nitrogens is 2. The van der Waals surface area contributed by atoms with Crippen molar-refractivity contribution in [2.45, 2.75) is 59.2 Å². The van der Waals surface area contributed by atoms with Crippen molar-refractivity contribution in [1.82, 2.24) is 14.9 Å². The van der Waals surface area contributed by atoms with Gasteiger partial charge in [-0.1, -0.05) is 20.8 Å². The van der Waals surface area contributed by atoms with Gasteiger partial charge in [-0.15, -0.1) is 0 Å². The summed E-state index contributed by atoms with van der Waals surface area (Å²) in [4.78, 5) is 16.8. The third-order valence-electron chi connectivity index (χ3n) is 5.28. The van der Waals surface area contributed by atoms with E-state index in [-0.39, 0.29) is 17.4 Å². The van der Waals surface area contributed by atoms with Gasteiger partial charge in [0.1, 0.15) is 11.4 Å². The van der Waals surface area contributed by atoms with E-state index in [4.69, 9.17) is 10.5 Å². The van der Waals surface area contributed by atoms with Crippen molar-refractivity contribution in [3.63, 3.8) is 0 Å². The Morgan fingerprint density at radius 3 is 2.83 bits per heavy atom. The molecular weight excluding hydrogens is 292 g/mol. The minimum Gasteiger partial charge on any atom is -0.378 e. The molecule has 0 saturated heterocycles. The van der Waals surface area contributed by atoms with Crippen molar-refractivity contribution in [1.29, 1.82) is 0 Å². The molecule has 0 bridgehead atoms. The van der Waals surface area contributed by atoms with Crippen LogP contribution < -0.4 is 11.1 Å². The van der Waals surface area contributed by atoms with E-state index in [1.54, 1.807) is 6.20 Å². The highest BCUT2D eigenvalue weighted by atomic mass is 16.5. The van der Waals surface area contributed by atoms with Crippen molar-refractivity contribution in [2.75, 3.05) is 13.2 Å². The minimum atomic E-state index is -0.850. The number of ether oxygens (including phenoxy) is 1. The molecule has 6 nitrogen and oxygen atoms in total. The first-order chi connectivity index (χ1) is 10.7. The molecular formula is C17H30N4O2. The fraction of sp³-hybridized carbons (Fsp3) is 0.765. The first kappa shape index (κ1) is 17.9. The molecule has 3 N–H and O–H groups in total. The van der Waals surface area contributed by atoms with E-state index in [2.05, 4.69) is 21.8 Å². The number of amides is 1.